The van der Waals surface area contributed by atoms with E-state index in [1.54, 1.807) is 0 Å². The molecule has 2 N–H and O–H groups in total. The summed E-state index contributed by atoms with van der Waals surface area (Å²) in [6.45, 7) is 0. The molecule has 0 amide bonds. The fourth-order valence-electron chi connectivity index (χ4n) is 0.743. The van der Waals surface area contributed by atoms with Crippen molar-refractivity contribution in [2.45, 2.75) is 0 Å². The molecule has 0 unspecified atom stereocenters. The van der Waals surface area contributed by atoms with Crippen LogP contribution in [0.25, 0.3) is 0 Å². The van der Waals surface area contributed by atoms with Gasteiger partial charge in [0.25, 0.3) is 0 Å². The van der Waals surface area contributed by atoms with E-state index in [0.717, 1.165) is 8.95 Å². The average molecular weight is 818 g/mol. The number of hydrogen-bond acceptors (Lipinski definition) is 0. The molecule has 0 saturated heterocycles. The zero-order valence-electron chi connectivity index (χ0n) is 11.4. The van der Waals surface area contributed by atoms with Gasteiger partial charge in [0, 0.05) is 53.0 Å². The Bertz CT molecular complexity index is 344. The second kappa shape index (κ2) is 43.6. The van der Waals surface area contributed by atoms with Crippen LogP contribution in [0.5, 0.6) is 0 Å². The van der Waals surface area contributed by atoms with Gasteiger partial charge in [-0.05, 0) is 44.0 Å². The SMILES string of the molecule is Brc1ccc[nH+]c1.Brc1ccc[nH+]c1.[O-2].[O-2].[O-2].[O-2].[O-2].[O-2].[O-2].[O-2].[Re].[Re]. The van der Waals surface area contributed by atoms with Crippen LogP contribution in [0, 0.1) is 0 Å². The quantitative estimate of drug-likeness (QED) is 0.367. The Balaban J connectivity index is -0.0000000144. The first-order valence-corrected chi connectivity index (χ1v) is 5.61. The molecule has 0 atom stereocenters. The van der Waals surface area contributed by atoms with Gasteiger partial charge < -0.3 is 43.8 Å². The van der Waals surface area contributed by atoms with Gasteiger partial charge in [-0.1, -0.05) is 0 Å². The van der Waals surface area contributed by atoms with Gasteiger partial charge in [0.2, 0.25) is 0 Å². The first-order chi connectivity index (χ1) is 6.79. The van der Waals surface area contributed by atoms with Crippen molar-refractivity contribution < 1.29 is 94.6 Å². The maximum atomic E-state index is 3.28. The molecule has 14 heteroatoms. The van der Waals surface area contributed by atoms with E-state index in [9.17, 15) is 0 Å². The second-order valence-electron chi connectivity index (χ2n) is 2.44. The molecule has 2 rings (SSSR count). The van der Waals surface area contributed by atoms with E-state index in [0.29, 0.717) is 0 Å². The summed E-state index contributed by atoms with van der Waals surface area (Å²) in [5.74, 6) is 0. The third kappa shape index (κ3) is 38.1. The summed E-state index contributed by atoms with van der Waals surface area (Å²) in [7, 11) is 0. The molecule has 0 aliphatic carbocycles. The van der Waals surface area contributed by atoms with Crippen molar-refractivity contribution in [2.75, 3.05) is 0 Å². The predicted molar refractivity (Wildman–Crippen MR) is 66.9 cm³/mol. The van der Waals surface area contributed by atoms with Crippen LogP contribution < -0.4 is 9.97 Å². The number of nitrogens with one attached hydrogen (secondary N) is 2. The third-order valence-corrected chi connectivity index (χ3v) is 2.32. The predicted octanol–water partition coefficient (Wildman–Crippen LogP) is 1.57. The molecule has 0 aliphatic heterocycles. The minimum atomic E-state index is 0. The monoisotopic (exact) mass is 818 g/mol. The van der Waals surface area contributed by atoms with Crippen molar-refractivity contribution in [3.05, 3.63) is 58.0 Å². The molecule has 2 radical (unpaired) electrons. The molecular formula is C10H10Br2N2O8Re2-14. The summed E-state index contributed by atoms with van der Waals surface area (Å²) in [5, 5.41) is 0. The topological polar surface area (TPSA) is 256 Å². The molecule has 0 bridgehead atoms. The van der Waals surface area contributed by atoms with Crippen LogP contribution in [0.3, 0.4) is 0 Å². The summed E-state index contributed by atoms with van der Waals surface area (Å²) in [6, 6.07) is 7.81. The Morgan fingerprint density at radius 1 is 0.542 bits per heavy atom. The van der Waals surface area contributed by atoms with Crippen LogP contribution in [0.4, 0.5) is 0 Å². The summed E-state index contributed by atoms with van der Waals surface area (Å²) in [6.07, 6.45) is 7.48. The molecule has 0 saturated carbocycles. The fourth-order valence-corrected chi connectivity index (χ4v) is 1.31. The van der Waals surface area contributed by atoms with Gasteiger partial charge in [0.15, 0.2) is 24.8 Å². The summed E-state index contributed by atoms with van der Waals surface area (Å²) < 4.78 is 2.16. The molecule has 2 heterocycles. The Labute approximate surface area is 183 Å². The van der Waals surface area contributed by atoms with Crippen LogP contribution >= 0.6 is 31.9 Å². The molecule has 150 valence electrons. The van der Waals surface area contributed by atoms with Crippen molar-refractivity contribution in [2.24, 2.45) is 0 Å². The van der Waals surface area contributed by atoms with Gasteiger partial charge in [-0.2, -0.15) is 0 Å². The molecule has 24 heavy (non-hydrogen) atoms. The Morgan fingerprint density at radius 2 is 0.792 bits per heavy atom. The summed E-state index contributed by atoms with van der Waals surface area (Å²) in [4.78, 5) is 5.83. The molecule has 0 aromatic carbocycles. The fraction of sp³-hybridized carbons (Fsp3) is 0. The third-order valence-electron chi connectivity index (χ3n) is 1.34. The van der Waals surface area contributed by atoms with E-state index in [4.69, 9.17) is 0 Å². The number of H-pyrrole nitrogens is 2. The number of pyridine rings is 2. The van der Waals surface area contributed by atoms with Crippen molar-refractivity contribution in [3.8, 4) is 0 Å². The van der Waals surface area contributed by atoms with Gasteiger partial charge in [0.1, 0.15) is 0 Å². The Morgan fingerprint density at radius 3 is 0.875 bits per heavy atom. The normalized spacial score (nSPS) is 5.08. The molecule has 2 aromatic rings. The van der Waals surface area contributed by atoms with Crippen LogP contribution in [0.1, 0.15) is 0 Å². The summed E-state index contributed by atoms with van der Waals surface area (Å²) in [5.41, 5.74) is 0. The van der Waals surface area contributed by atoms with Crippen LogP contribution in [0.2, 0.25) is 0 Å². The van der Waals surface area contributed by atoms with Gasteiger partial charge in [0.05, 0.1) is 8.95 Å². The van der Waals surface area contributed by atoms with Gasteiger partial charge >= 0.3 is 0 Å². The first kappa shape index (κ1) is 64.5. The van der Waals surface area contributed by atoms with Crippen LogP contribution in [-0.2, 0) is 84.7 Å². The minimum Gasteiger partial charge on any atom is -2.00 e. The smallest absolute Gasteiger partial charge is 0.181 e. The Kier molecular flexibility index (Phi) is 117. The van der Waals surface area contributed by atoms with Crippen molar-refractivity contribution >= 4 is 31.9 Å². The number of halogens is 2. The minimum absolute atomic E-state index is 0. The van der Waals surface area contributed by atoms with E-state index in [2.05, 4.69) is 41.8 Å². The average Bonchev–Trinajstić information content (AvgIpc) is 2.21. The van der Waals surface area contributed by atoms with Crippen molar-refractivity contribution in [1.82, 2.24) is 0 Å². The van der Waals surface area contributed by atoms with Crippen molar-refractivity contribution in [3.63, 3.8) is 0 Å². The van der Waals surface area contributed by atoms with E-state index >= 15 is 0 Å². The van der Waals surface area contributed by atoms with Gasteiger partial charge in [-0.15, -0.1) is 0 Å². The van der Waals surface area contributed by atoms with E-state index in [-0.39, 0.29) is 84.7 Å². The number of aromatic amines is 2. The Hall–Kier alpha value is 0.265. The molecule has 0 spiro atoms. The zero-order chi connectivity index (χ0) is 10.2. The van der Waals surface area contributed by atoms with E-state index < -0.39 is 0 Å². The number of hydrogen-bond donors (Lipinski definition) is 0. The number of rotatable bonds is 0. The number of aromatic nitrogens is 2. The van der Waals surface area contributed by atoms with E-state index in [1.165, 1.54) is 0 Å². The standard InChI is InChI=1S/2C5H4BrN.8O.2Re/c2*6-5-2-1-3-7-4-5;;;;;;;;;;/h2*1-4H;;;;;;;;;;/q;;8*-2;;/p+2. The van der Waals surface area contributed by atoms with E-state index in [1.807, 2.05) is 49.1 Å². The van der Waals surface area contributed by atoms with Gasteiger partial charge in [-0.25, -0.2) is 9.97 Å². The molecule has 0 aliphatic rings. The maximum absolute atomic E-state index is 3.28. The van der Waals surface area contributed by atoms with Gasteiger partial charge in [-0.3, -0.25) is 0 Å². The molecule has 10 nitrogen and oxygen atoms in total. The molecule has 2 aromatic heterocycles. The van der Waals surface area contributed by atoms with Crippen LogP contribution in [0.15, 0.2) is 58.0 Å². The second-order valence-corrected chi connectivity index (χ2v) is 4.27. The van der Waals surface area contributed by atoms with Crippen LogP contribution in [-0.4, -0.2) is 0 Å². The first-order valence-electron chi connectivity index (χ1n) is 4.02. The maximum Gasteiger partial charge on any atom is 0.181 e. The molecule has 0 fully saturated rings. The summed E-state index contributed by atoms with van der Waals surface area (Å²) >= 11 is 6.56. The molecular weight excluding hydrogens is 808 g/mol. The zero-order valence-corrected chi connectivity index (χ0v) is 20.0. The largest absolute Gasteiger partial charge is 2.00 e. The van der Waals surface area contributed by atoms with Crippen molar-refractivity contribution in [1.29, 1.82) is 0 Å².